The molecule has 5 heteroatoms. The van der Waals surface area contributed by atoms with Crippen molar-refractivity contribution in [3.8, 4) is 11.5 Å². The van der Waals surface area contributed by atoms with Gasteiger partial charge < -0.3 is 20.1 Å². The van der Waals surface area contributed by atoms with Crippen LogP contribution in [0.3, 0.4) is 0 Å². The third kappa shape index (κ3) is 7.98. The van der Waals surface area contributed by atoms with Crippen LogP contribution in [0, 0.1) is 0 Å². The second kappa shape index (κ2) is 13.8. The van der Waals surface area contributed by atoms with Crippen LogP contribution in [0.4, 0.5) is 0 Å². The molecule has 1 fully saturated rings. The molecule has 0 aromatic heterocycles. The zero-order chi connectivity index (χ0) is 20.0. The average Bonchev–Trinajstić information content (AvgIpc) is 2.73. The lowest BCUT2D eigenvalue weighted by Crippen LogP contribution is -2.46. The highest BCUT2D eigenvalue weighted by molar-refractivity contribution is 5.46. The van der Waals surface area contributed by atoms with Gasteiger partial charge in [0.15, 0.2) is 11.5 Å². The van der Waals surface area contributed by atoms with Gasteiger partial charge in [0.1, 0.15) is 0 Å². The van der Waals surface area contributed by atoms with Gasteiger partial charge in [0.2, 0.25) is 0 Å². The highest BCUT2D eigenvalue weighted by Crippen LogP contribution is 2.32. The maximum Gasteiger partial charge on any atom is 0.165 e. The molecule has 1 aromatic rings. The summed E-state index contributed by atoms with van der Waals surface area (Å²) < 4.78 is 11.8. The number of benzene rings is 1. The molecule has 1 heterocycles. The quantitative estimate of drug-likeness (QED) is 0.488. The minimum absolute atomic E-state index is 0.770. The summed E-state index contributed by atoms with van der Waals surface area (Å²) in [7, 11) is 1.73. The van der Waals surface area contributed by atoms with Gasteiger partial charge in [-0.15, -0.1) is 0 Å². The van der Waals surface area contributed by atoms with Crippen LogP contribution in [0.2, 0.25) is 0 Å². The predicted octanol–water partition coefficient (Wildman–Crippen LogP) is 3.90. The average molecular weight is 392 g/mol. The standard InChI is InChI=1S/C23H41N3O2/c1-3-4-5-6-7-8-19-28-23-21(11-9-12-22(23)27-2)20-26-17-15-25(16-18-26)14-10-13-24/h9,11-12H,3-8,10,13-20,24H2,1-2H3. The first-order valence-electron chi connectivity index (χ1n) is 11.2. The number of methoxy groups -OCH3 is 1. The molecule has 5 nitrogen and oxygen atoms in total. The summed E-state index contributed by atoms with van der Waals surface area (Å²) in [5, 5.41) is 0. The Bertz CT molecular complexity index is 531. The molecule has 0 aliphatic carbocycles. The number of unbranched alkanes of at least 4 members (excludes halogenated alkanes) is 5. The van der Waals surface area contributed by atoms with Crippen molar-refractivity contribution in [2.45, 2.75) is 58.4 Å². The van der Waals surface area contributed by atoms with Gasteiger partial charge in [-0.2, -0.15) is 0 Å². The van der Waals surface area contributed by atoms with Crippen molar-refractivity contribution in [2.75, 3.05) is 53.0 Å². The highest BCUT2D eigenvalue weighted by Gasteiger charge is 2.19. The number of hydrogen-bond acceptors (Lipinski definition) is 5. The molecule has 0 amide bonds. The maximum absolute atomic E-state index is 6.21. The van der Waals surface area contributed by atoms with Crippen molar-refractivity contribution in [1.29, 1.82) is 0 Å². The summed E-state index contributed by atoms with van der Waals surface area (Å²) in [4.78, 5) is 5.04. The second-order valence-electron chi connectivity index (χ2n) is 7.82. The third-order valence-corrected chi connectivity index (χ3v) is 5.56. The fourth-order valence-electron chi connectivity index (χ4n) is 3.79. The van der Waals surface area contributed by atoms with Gasteiger partial charge in [0.25, 0.3) is 0 Å². The Morgan fingerprint density at radius 3 is 2.36 bits per heavy atom. The van der Waals surface area contributed by atoms with E-state index in [0.29, 0.717) is 0 Å². The fraction of sp³-hybridized carbons (Fsp3) is 0.739. The normalized spacial score (nSPS) is 15.7. The van der Waals surface area contributed by atoms with Crippen molar-refractivity contribution in [1.82, 2.24) is 9.80 Å². The number of rotatable bonds is 14. The first-order valence-corrected chi connectivity index (χ1v) is 11.2. The molecule has 1 aliphatic rings. The zero-order valence-corrected chi connectivity index (χ0v) is 18.1. The maximum atomic E-state index is 6.21. The molecule has 1 aliphatic heterocycles. The van der Waals surface area contributed by atoms with E-state index in [1.807, 2.05) is 6.07 Å². The van der Waals surface area contributed by atoms with Crippen molar-refractivity contribution < 1.29 is 9.47 Å². The smallest absolute Gasteiger partial charge is 0.165 e. The van der Waals surface area contributed by atoms with Crippen molar-refractivity contribution in [2.24, 2.45) is 5.73 Å². The van der Waals surface area contributed by atoms with Crippen LogP contribution >= 0.6 is 0 Å². The first-order chi connectivity index (χ1) is 13.8. The van der Waals surface area contributed by atoms with Gasteiger partial charge in [-0.1, -0.05) is 51.2 Å². The molecule has 0 spiro atoms. The van der Waals surface area contributed by atoms with Gasteiger partial charge in [-0.3, -0.25) is 4.90 Å². The van der Waals surface area contributed by atoms with Crippen LogP contribution in [0.25, 0.3) is 0 Å². The number of para-hydroxylation sites is 1. The minimum Gasteiger partial charge on any atom is -0.493 e. The number of nitrogens with zero attached hydrogens (tertiary/aromatic N) is 2. The molecule has 0 radical (unpaired) electrons. The highest BCUT2D eigenvalue weighted by atomic mass is 16.5. The Kier molecular flexibility index (Phi) is 11.3. The lowest BCUT2D eigenvalue weighted by Gasteiger charge is -2.35. The second-order valence-corrected chi connectivity index (χ2v) is 7.82. The third-order valence-electron chi connectivity index (χ3n) is 5.56. The van der Waals surface area contributed by atoms with Crippen molar-refractivity contribution >= 4 is 0 Å². The molecule has 0 saturated carbocycles. The largest absolute Gasteiger partial charge is 0.493 e. The summed E-state index contributed by atoms with van der Waals surface area (Å²) in [6.45, 7) is 10.3. The van der Waals surface area contributed by atoms with Gasteiger partial charge in [0.05, 0.1) is 13.7 Å². The van der Waals surface area contributed by atoms with Gasteiger partial charge >= 0.3 is 0 Å². The summed E-state index contributed by atoms with van der Waals surface area (Å²) in [6, 6.07) is 6.26. The molecule has 28 heavy (non-hydrogen) atoms. The lowest BCUT2D eigenvalue weighted by molar-refractivity contribution is 0.125. The van der Waals surface area contributed by atoms with Crippen molar-refractivity contribution in [3.05, 3.63) is 23.8 Å². The van der Waals surface area contributed by atoms with Crippen LogP contribution in [-0.4, -0.2) is 62.8 Å². The van der Waals surface area contributed by atoms with E-state index in [-0.39, 0.29) is 0 Å². The Balaban J connectivity index is 1.83. The number of piperazine rings is 1. The molecule has 2 N–H and O–H groups in total. The molecular formula is C23H41N3O2. The van der Waals surface area contributed by atoms with Gasteiger partial charge in [-0.05, 0) is 32.0 Å². The lowest BCUT2D eigenvalue weighted by atomic mass is 10.1. The van der Waals surface area contributed by atoms with E-state index in [1.54, 1.807) is 7.11 Å². The van der Waals surface area contributed by atoms with Gasteiger partial charge in [0, 0.05) is 38.3 Å². The van der Waals surface area contributed by atoms with Crippen LogP contribution in [0.5, 0.6) is 11.5 Å². The molecular weight excluding hydrogens is 350 g/mol. The van der Waals surface area contributed by atoms with Gasteiger partial charge in [-0.25, -0.2) is 0 Å². The SMILES string of the molecule is CCCCCCCCOc1c(CN2CCN(CCCN)CC2)cccc1OC. The first kappa shape index (κ1) is 23.0. The van der Waals surface area contributed by atoms with Crippen LogP contribution < -0.4 is 15.2 Å². The topological polar surface area (TPSA) is 51.0 Å². The molecule has 1 aromatic carbocycles. The molecule has 0 atom stereocenters. The Labute approximate surface area is 172 Å². The number of nitrogens with two attached hydrogens (primary N) is 1. The van der Waals surface area contributed by atoms with Crippen molar-refractivity contribution in [3.63, 3.8) is 0 Å². The van der Waals surface area contributed by atoms with Crippen LogP contribution in [-0.2, 0) is 6.54 Å². The monoisotopic (exact) mass is 391 g/mol. The number of hydrogen-bond donors (Lipinski definition) is 1. The molecule has 0 bridgehead atoms. The van der Waals surface area contributed by atoms with E-state index in [1.165, 1.54) is 37.7 Å². The number of ether oxygens (including phenoxy) is 2. The molecule has 1 saturated heterocycles. The van der Waals surface area contributed by atoms with E-state index in [0.717, 1.165) is 76.8 Å². The molecule has 160 valence electrons. The Morgan fingerprint density at radius 1 is 0.929 bits per heavy atom. The Hall–Kier alpha value is -1.30. The fourth-order valence-corrected chi connectivity index (χ4v) is 3.79. The van der Waals surface area contributed by atoms with E-state index < -0.39 is 0 Å². The van der Waals surface area contributed by atoms with E-state index in [2.05, 4.69) is 28.9 Å². The Morgan fingerprint density at radius 2 is 1.64 bits per heavy atom. The zero-order valence-electron chi connectivity index (χ0n) is 18.1. The predicted molar refractivity (Wildman–Crippen MR) is 117 cm³/mol. The minimum atomic E-state index is 0.770. The summed E-state index contributed by atoms with van der Waals surface area (Å²) in [5.41, 5.74) is 6.87. The van der Waals surface area contributed by atoms with E-state index in [4.69, 9.17) is 15.2 Å². The molecule has 0 unspecified atom stereocenters. The summed E-state index contributed by atoms with van der Waals surface area (Å²) >= 11 is 0. The van der Waals surface area contributed by atoms with Crippen LogP contribution in [0.1, 0.15) is 57.4 Å². The van der Waals surface area contributed by atoms with E-state index >= 15 is 0 Å². The van der Waals surface area contributed by atoms with Crippen LogP contribution in [0.15, 0.2) is 18.2 Å². The van der Waals surface area contributed by atoms with E-state index in [9.17, 15) is 0 Å². The summed E-state index contributed by atoms with van der Waals surface area (Å²) in [6.07, 6.45) is 8.74. The molecule has 2 rings (SSSR count). The summed E-state index contributed by atoms with van der Waals surface area (Å²) in [5.74, 6) is 1.79.